The van der Waals surface area contributed by atoms with Gasteiger partial charge < -0.3 is 5.32 Å². The number of aryl methyl sites for hydroxylation is 1. The predicted molar refractivity (Wildman–Crippen MR) is 95.5 cm³/mol. The molecule has 21 heavy (non-hydrogen) atoms. The second-order valence-corrected chi connectivity index (χ2v) is 6.69. The van der Waals surface area contributed by atoms with Crippen molar-refractivity contribution in [3.63, 3.8) is 0 Å². The van der Waals surface area contributed by atoms with Gasteiger partial charge in [0.05, 0.1) is 16.1 Å². The molecule has 0 saturated carbocycles. The molecule has 1 unspecified atom stereocenters. The van der Waals surface area contributed by atoms with Crippen LogP contribution in [0.15, 0.2) is 40.9 Å². The number of halogens is 3. The Bertz CT molecular complexity index is 628. The van der Waals surface area contributed by atoms with Gasteiger partial charge in [0.15, 0.2) is 0 Å². The van der Waals surface area contributed by atoms with E-state index in [0.717, 1.165) is 23.0 Å². The van der Waals surface area contributed by atoms with E-state index in [0.29, 0.717) is 10.0 Å². The quantitative estimate of drug-likeness (QED) is 0.649. The van der Waals surface area contributed by atoms with Crippen molar-refractivity contribution in [1.29, 1.82) is 0 Å². The third-order valence-electron chi connectivity index (χ3n) is 3.36. The second-order valence-electron chi connectivity index (χ2n) is 5.06. The van der Waals surface area contributed by atoms with Crippen molar-refractivity contribution in [2.75, 3.05) is 6.54 Å². The molecule has 0 fully saturated rings. The third kappa shape index (κ3) is 4.01. The summed E-state index contributed by atoms with van der Waals surface area (Å²) >= 11 is 16.3. The van der Waals surface area contributed by atoms with Crippen LogP contribution in [0, 0.1) is 6.92 Å². The lowest BCUT2D eigenvalue weighted by atomic mass is 9.97. The Kier molecular flexibility index (Phi) is 6.12. The van der Waals surface area contributed by atoms with Gasteiger partial charge in [-0.2, -0.15) is 0 Å². The van der Waals surface area contributed by atoms with E-state index in [1.54, 1.807) is 0 Å². The fourth-order valence-corrected chi connectivity index (χ4v) is 3.42. The van der Waals surface area contributed by atoms with Gasteiger partial charge in [-0.15, -0.1) is 0 Å². The van der Waals surface area contributed by atoms with Crippen molar-refractivity contribution < 1.29 is 0 Å². The van der Waals surface area contributed by atoms with Gasteiger partial charge in [0.1, 0.15) is 0 Å². The van der Waals surface area contributed by atoms with E-state index in [9.17, 15) is 0 Å². The second kappa shape index (κ2) is 7.64. The monoisotopic (exact) mass is 385 g/mol. The Labute approximate surface area is 144 Å². The summed E-state index contributed by atoms with van der Waals surface area (Å²) in [4.78, 5) is 0. The van der Waals surface area contributed by atoms with Crippen molar-refractivity contribution in [2.24, 2.45) is 0 Å². The van der Waals surface area contributed by atoms with Crippen LogP contribution in [0.1, 0.15) is 36.1 Å². The molecule has 0 spiro atoms. The maximum atomic E-state index is 6.41. The summed E-state index contributed by atoms with van der Waals surface area (Å²) < 4.78 is 1.08. The van der Waals surface area contributed by atoms with Crippen molar-refractivity contribution >= 4 is 39.1 Å². The summed E-state index contributed by atoms with van der Waals surface area (Å²) in [6.07, 6.45) is 1.05. The number of benzene rings is 2. The van der Waals surface area contributed by atoms with Gasteiger partial charge in [-0.05, 0) is 48.7 Å². The summed E-state index contributed by atoms with van der Waals surface area (Å²) in [5.74, 6) is 0. The van der Waals surface area contributed by atoms with Gasteiger partial charge in [-0.3, -0.25) is 0 Å². The molecule has 0 aliphatic carbocycles. The van der Waals surface area contributed by atoms with Crippen LogP contribution in [-0.2, 0) is 0 Å². The lowest BCUT2D eigenvalue weighted by molar-refractivity contribution is 0.597. The topological polar surface area (TPSA) is 12.0 Å². The van der Waals surface area contributed by atoms with Crippen molar-refractivity contribution in [3.05, 3.63) is 67.6 Å². The minimum Gasteiger partial charge on any atom is -0.306 e. The van der Waals surface area contributed by atoms with E-state index in [2.05, 4.69) is 53.3 Å². The van der Waals surface area contributed by atoms with Crippen LogP contribution < -0.4 is 5.32 Å². The van der Waals surface area contributed by atoms with Gasteiger partial charge in [0.2, 0.25) is 0 Å². The van der Waals surface area contributed by atoms with Crippen molar-refractivity contribution in [1.82, 2.24) is 5.32 Å². The molecular formula is C17H18BrCl2N. The third-order valence-corrected chi connectivity index (χ3v) is 4.88. The van der Waals surface area contributed by atoms with Crippen LogP contribution in [0.2, 0.25) is 10.0 Å². The predicted octanol–water partition coefficient (Wildman–Crippen LogP) is 6.15. The maximum Gasteiger partial charge on any atom is 0.0643 e. The molecule has 0 bridgehead atoms. The van der Waals surface area contributed by atoms with Crippen LogP contribution in [0.5, 0.6) is 0 Å². The van der Waals surface area contributed by atoms with E-state index in [1.165, 1.54) is 11.1 Å². The minimum absolute atomic E-state index is 0.0196. The highest BCUT2D eigenvalue weighted by atomic mass is 79.9. The number of nitrogens with one attached hydrogen (secondary N) is 1. The zero-order valence-corrected chi connectivity index (χ0v) is 15.2. The zero-order valence-electron chi connectivity index (χ0n) is 12.1. The van der Waals surface area contributed by atoms with Gasteiger partial charge in [-0.1, -0.05) is 70.3 Å². The van der Waals surface area contributed by atoms with Crippen molar-refractivity contribution in [2.45, 2.75) is 26.3 Å². The average molecular weight is 387 g/mol. The van der Waals surface area contributed by atoms with Gasteiger partial charge in [-0.25, -0.2) is 0 Å². The van der Waals surface area contributed by atoms with Gasteiger partial charge >= 0.3 is 0 Å². The fourth-order valence-electron chi connectivity index (χ4n) is 2.29. The first kappa shape index (κ1) is 16.8. The summed E-state index contributed by atoms with van der Waals surface area (Å²) in [6, 6.07) is 12.2. The molecular weight excluding hydrogens is 369 g/mol. The first-order valence-corrected chi connectivity index (χ1v) is 8.52. The molecule has 2 aromatic carbocycles. The summed E-state index contributed by atoms with van der Waals surface area (Å²) in [5, 5.41) is 4.75. The Morgan fingerprint density at radius 1 is 1.14 bits per heavy atom. The average Bonchev–Trinajstić information content (AvgIpc) is 2.45. The van der Waals surface area contributed by atoms with Crippen LogP contribution in [-0.4, -0.2) is 6.54 Å². The highest BCUT2D eigenvalue weighted by Gasteiger charge is 2.19. The first-order chi connectivity index (χ1) is 10.0. The molecule has 0 heterocycles. The van der Waals surface area contributed by atoms with Crippen molar-refractivity contribution in [3.8, 4) is 0 Å². The number of hydrogen-bond donors (Lipinski definition) is 1. The molecule has 1 atom stereocenters. The minimum atomic E-state index is 0.0196. The largest absolute Gasteiger partial charge is 0.306 e. The molecule has 0 amide bonds. The smallest absolute Gasteiger partial charge is 0.0643 e. The summed E-state index contributed by atoms with van der Waals surface area (Å²) in [7, 11) is 0. The standard InChI is InChI=1S/C17H18BrCl2N/c1-3-9-21-17(12-8-7-11(2)10-14(12)18)13-5-4-6-15(19)16(13)20/h4-8,10,17,21H,3,9H2,1-2H3. The number of hydrogen-bond acceptors (Lipinski definition) is 1. The molecule has 0 saturated heterocycles. The van der Waals surface area contributed by atoms with Crippen LogP contribution in [0.25, 0.3) is 0 Å². The molecule has 4 heteroatoms. The Morgan fingerprint density at radius 3 is 2.57 bits per heavy atom. The first-order valence-electron chi connectivity index (χ1n) is 6.98. The van der Waals surface area contributed by atoms with E-state index >= 15 is 0 Å². The summed E-state index contributed by atoms with van der Waals surface area (Å²) in [6.45, 7) is 5.14. The number of rotatable bonds is 5. The van der Waals surface area contributed by atoms with Gasteiger partial charge in [0, 0.05) is 4.47 Å². The van der Waals surface area contributed by atoms with E-state index in [4.69, 9.17) is 23.2 Å². The molecule has 1 N–H and O–H groups in total. The van der Waals surface area contributed by atoms with Crippen LogP contribution in [0.4, 0.5) is 0 Å². The molecule has 2 aromatic rings. The highest BCUT2D eigenvalue weighted by molar-refractivity contribution is 9.10. The van der Waals surface area contributed by atoms with Crippen LogP contribution in [0.3, 0.4) is 0 Å². The zero-order chi connectivity index (χ0) is 15.4. The molecule has 112 valence electrons. The van der Waals surface area contributed by atoms with Gasteiger partial charge in [0.25, 0.3) is 0 Å². The van der Waals surface area contributed by atoms with E-state index in [-0.39, 0.29) is 6.04 Å². The molecule has 0 aliphatic rings. The normalized spacial score (nSPS) is 12.4. The Morgan fingerprint density at radius 2 is 1.90 bits per heavy atom. The van der Waals surface area contributed by atoms with E-state index < -0.39 is 0 Å². The molecule has 0 aliphatic heterocycles. The molecule has 2 rings (SSSR count). The lowest BCUT2D eigenvalue weighted by Gasteiger charge is -2.22. The Balaban J connectivity index is 2.49. The fraction of sp³-hybridized carbons (Fsp3) is 0.294. The summed E-state index contributed by atoms with van der Waals surface area (Å²) in [5.41, 5.74) is 3.39. The highest BCUT2D eigenvalue weighted by Crippen LogP contribution is 2.36. The van der Waals surface area contributed by atoms with E-state index in [1.807, 2.05) is 18.2 Å². The molecule has 0 radical (unpaired) electrons. The van der Waals surface area contributed by atoms with Crippen LogP contribution >= 0.6 is 39.1 Å². The Hall–Kier alpha value is -0.540. The molecule has 1 nitrogen and oxygen atoms in total. The lowest BCUT2D eigenvalue weighted by Crippen LogP contribution is -2.24. The molecule has 0 aromatic heterocycles. The SMILES string of the molecule is CCCNC(c1ccc(C)cc1Br)c1cccc(Cl)c1Cl. The maximum absolute atomic E-state index is 6.41.